The van der Waals surface area contributed by atoms with Crippen LogP contribution in [0.5, 0.6) is 5.88 Å². The van der Waals surface area contributed by atoms with E-state index in [4.69, 9.17) is 9.47 Å². The second-order valence-corrected chi connectivity index (χ2v) is 6.16. The molecule has 11 heteroatoms. The lowest BCUT2D eigenvalue weighted by Gasteiger charge is -2.28. The van der Waals surface area contributed by atoms with Crippen molar-refractivity contribution in [2.45, 2.75) is 32.2 Å². The lowest BCUT2D eigenvalue weighted by Crippen LogP contribution is -2.45. The first kappa shape index (κ1) is 19.0. The number of halogens is 4. The fourth-order valence-electron chi connectivity index (χ4n) is 2.15. The molecule has 0 fully saturated rings. The van der Waals surface area contributed by atoms with Gasteiger partial charge >= 0.3 is 6.18 Å². The minimum absolute atomic E-state index is 0.170. The Morgan fingerprint density at radius 1 is 1.15 bits per heavy atom. The molecule has 3 heterocycles. The smallest absolute Gasteiger partial charge is 0.427 e. The molecule has 27 heavy (non-hydrogen) atoms. The summed E-state index contributed by atoms with van der Waals surface area (Å²) in [7, 11) is 1.49. The van der Waals surface area contributed by atoms with E-state index in [2.05, 4.69) is 20.3 Å². The van der Waals surface area contributed by atoms with Crippen molar-refractivity contribution in [3.05, 3.63) is 36.0 Å². The summed E-state index contributed by atoms with van der Waals surface area (Å²) < 4.78 is 64.1. The maximum atomic E-state index is 14.3. The highest BCUT2D eigenvalue weighted by molar-refractivity contribution is 5.59. The fourth-order valence-corrected chi connectivity index (χ4v) is 2.15. The van der Waals surface area contributed by atoms with Crippen molar-refractivity contribution >= 4 is 5.65 Å². The molecule has 144 valence electrons. The number of rotatable bonds is 5. The number of nitrogens with zero attached hydrogens (tertiary/aromatic N) is 5. The van der Waals surface area contributed by atoms with Crippen LogP contribution < -0.4 is 4.74 Å². The Balaban J connectivity index is 1.94. The number of hydrogen-bond donors (Lipinski definition) is 0. The van der Waals surface area contributed by atoms with Gasteiger partial charge in [-0.3, -0.25) is 0 Å². The maximum Gasteiger partial charge on any atom is 0.427 e. The van der Waals surface area contributed by atoms with Crippen molar-refractivity contribution in [3.63, 3.8) is 0 Å². The van der Waals surface area contributed by atoms with Gasteiger partial charge in [-0.05, 0) is 32.0 Å². The fraction of sp³-hybridized carbons (Fsp3) is 0.375. The molecule has 0 aliphatic rings. The largest absolute Gasteiger partial charge is 0.460 e. The molecular weight excluding hydrogens is 370 g/mol. The Bertz CT molecular complexity index is 971. The molecule has 3 aromatic heterocycles. The molecule has 0 aliphatic carbocycles. The van der Waals surface area contributed by atoms with Gasteiger partial charge in [-0.25, -0.2) is 9.37 Å². The van der Waals surface area contributed by atoms with Crippen LogP contribution in [0.4, 0.5) is 17.6 Å². The quantitative estimate of drug-likeness (QED) is 0.628. The molecule has 0 aliphatic heterocycles. The number of pyridine rings is 1. The summed E-state index contributed by atoms with van der Waals surface area (Å²) in [6.07, 6.45) is -3.50. The van der Waals surface area contributed by atoms with Crippen LogP contribution in [-0.2, 0) is 11.3 Å². The molecule has 0 amide bonds. The maximum absolute atomic E-state index is 14.3. The van der Waals surface area contributed by atoms with Gasteiger partial charge in [0.25, 0.3) is 5.88 Å². The summed E-state index contributed by atoms with van der Waals surface area (Å²) in [6.45, 7) is 1.76. The van der Waals surface area contributed by atoms with E-state index in [9.17, 15) is 17.6 Å². The average molecular weight is 385 g/mol. The highest BCUT2D eigenvalue weighted by Crippen LogP contribution is 2.34. The first-order valence-electron chi connectivity index (χ1n) is 7.74. The van der Waals surface area contributed by atoms with Crippen LogP contribution in [0.25, 0.3) is 16.9 Å². The summed E-state index contributed by atoms with van der Waals surface area (Å²) in [5.74, 6) is -1.34. The van der Waals surface area contributed by atoms with E-state index in [1.165, 1.54) is 17.8 Å². The molecule has 3 aromatic rings. The van der Waals surface area contributed by atoms with E-state index in [0.717, 1.165) is 19.9 Å². The van der Waals surface area contributed by atoms with Crippen LogP contribution in [0.1, 0.15) is 19.7 Å². The molecule has 0 radical (unpaired) electrons. The van der Waals surface area contributed by atoms with Gasteiger partial charge in [-0.15, -0.1) is 10.2 Å². The van der Waals surface area contributed by atoms with E-state index >= 15 is 0 Å². The van der Waals surface area contributed by atoms with Crippen LogP contribution in [0.2, 0.25) is 0 Å². The van der Waals surface area contributed by atoms with Gasteiger partial charge in [0, 0.05) is 18.9 Å². The Morgan fingerprint density at radius 3 is 2.52 bits per heavy atom. The van der Waals surface area contributed by atoms with Crippen LogP contribution >= 0.6 is 0 Å². The number of ether oxygens (including phenoxy) is 2. The van der Waals surface area contributed by atoms with E-state index in [1.807, 2.05) is 0 Å². The highest BCUT2D eigenvalue weighted by Gasteiger charge is 2.50. The Morgan fingerprint density at radius 2 is 1.89 bits per heavy atom. The van der Waals surface area contributed by atoms with E-state index < -0.39 is 23.5 Å². The lowest BCUT2D eigenvalue weighted by atomic mass is 10.1. The second kappa shape index (κ2) is 6.72. The average Bonchev–Trinajstić information content (AvgIpc) is 2.98. The topological polar surface area (TPSA) is 74.4 Å². The van der Waals surface area contributed by atoms with Gasteiger partial charge < -0.3 is 9.47 Å². The summed E-state index contributed by atoms with van der Waals surface area (Å²) in [6, 6.07) is 4.18. The molecule has 0 aromatic carbocycles. The van der Waals surface area contributed by atoms with Gasteiger partial charge in [0.2, 0.25) is 0 Å². The SMILES string of the molecule is COCc1nnc2ccc(-c3cnc(OC(C)(C)C(F)(F)F)c(F)c3)nn12. The Kier molecular flexibility index (Phi) is 4.72. The minimum atomic E-state index is -4.68. The highest BCUT2D eigenvalue weighted by atomic mass is 19.4. The minimum Gasteiger partial charge on any atom is -0.460 e. The molecule has 0 bridgehead atoms. The molecule has 0 spiro atoms. The number of methoxy groups -OCH3 is 1. The van der Waals surface area contributed by atoms with Crippen molar-refractivity contribution in [2.75, 3.05) is 7.11 Å². The second-order valence-electron chi connectivity index (χ2n) is 6.16. The third kappa shape index (κ3) is 3.68. The summed E-state index contributed by atoms with van der Waals surface area (Å²) in [4.78, 5) is 3.68. The van der Waals surface area contributed by atoms with E-state index in [1.54, 1.807) is 12.1 Å². The molecule has 0 N–H and O–H groups in total. The molecule has 7 nitrogen and oxygen atoms in total. The lowest BCUT2D eigenvalue weighted by molar-refractivity contribution is -0.235. The van der Waals surface area contributed by atoms with Crippen molar-refractivity contribution in [2.24, 2.45) is 0 Å². The molecule has 0 saturated carbocycles. The number of hydrogen-bond acceptors (Lipinski definition) is 6. The van der Waals surface area contributed by atoms with Crippen LogP contribution in [0.3, 0.4) is 0 Å². The monoisotopic (exact) mass is 385 g/mol. The van der Waals surface area contributed by atoms with Crippen LogP contribution in [0.15, 0.2) is 24.4 Å². The first-order valence-corrected chi connectivity index (χ1v) is 7.74. The zero-order valence-corrected chi connectivity index (χ0v) is 14.6. The Labute approximate surface area is 151 Å². The molecular formula is C16H15F4N5O2. The number of aromatic nitrogens is 5. The normalized spacial score (nSPS) is 12.6. The van der Waals surface area contributed by atoms with Gasteiger partial charge in [0.1, 0.15) is 6.61 Å². The summed E-state index contributed by atoms with van der Waals surface area (Å²) >= 11 is 0. The van der Waals surface area contributed by atoms with Gasteiger partial charge in [0.05, 0.1) is 5.69 Å². The van der Waals surface area contributed by atoms with Gasteiger partial charge in [-0.2, -0.15) is 22.8 Å². The van der Waals surface area contributed by atoms with Crippen molar-refractivity contribution < 1.29 is 27.0 Å². The van der Waals surface area contributed by atoms with Gasteiger partial charge in [0.15, 0.2) is 22.9 Å². The standard InChI is InChI=1S/C16H15F4N5O2/c1-15(2,16(18,19)20)27-14-10(17)6-9(7-21-14)11-4-5-12-22-23-13(8-26-3)25(12)24-11/h4-7H,8H2,1-3H3. The predicted octanol–water partition coefficient (Wildman–Crippen LogP) is 3.19. The van der Waals surface area contributed by atoms with Gasteiger partial charge in [-0.1, -0.05) is 0 Å². The third-order valence-corrected chi connectivity index (χ3v) is 3.74. The zero-order chi connectivity index (χ0) is 19.8. The van der Waals surface area contributed by atoms with Crippen molar-refractivity contribution in [1.82, 2.24) is 24.8 Å². The molecule has 0 atom stereocenters. The molecule has 3 rings (SSSR count). The number of fused-ring (bicyclic) bond motifs is 1. The van der Waals surface area contributed by atoms with Crippen LogP contribution in [-0.4, -0.2) is 43.7 Å². The predicted molar refractivity (Wildman–Crippen MR) is 85.4 cm³/mol. The van der Waals surface area contributed by atoms with E-state index in [-0.39, 0.29) is 12.2 Å². The first-order chi connectivity index (χ1) is 12.6. The Hall–Kier alpha value is -2.82. The van der Waals surface area contributed by atoms with E-state index in [0.29, 0.717) is 17.2 Å². The third-order valence-electron chi connectivity index (χ3n) is 3.74. The summed E-state index contributed by atoms with van der Waals surface area (Å²) in [5, 5.41) is 12.1. The van der Waals surface area contributed by atoms with Crippen molar-refractivity contribution in [3.8, 4) is 17.1 Å². The molecule has 0 saturated heterocycles. The zero-order valence-electron chi connectivity index (χ0n) is 14.6. The number of alkyl halides is 3. The van der Waals surface area contributed by atoms with Crippen LogP contribution in [0, 0.1) is 5.82 Å². The van der Waals surface area contributed by atoms with Crippen molar-refractivity contribution in [1.29, 1.82) is 0 Å². The molecule has 0 unspecified atom stereocenters. The summed E-state index contributed by atoms with van der Waals surface area (Å²) in [5.41, 5.74) is -1.54.